The van der Waals surface area contributed by atoms with Crippen molar-refractivity contribution in [2.75, 3.05) is 32.8 Å². The van der Waals surface area contributed by atoms with E-state index in [0.29, 0.717) is 6.54 Å². The fraction of sp³-hybridized carbons (Fsp3) is 0.529. The standard InChI is InChI=1S/C17H22Cl2N2O6S/c1-3-4-20-16(22)11(2)27-17(23)12-9-15(14(19)10-13(12)18)28(24,25)21-5-7-26-8-6-21/h9-11H,3-8H2,1-2H3,(H,20,22). The van der Waals surface area contributed by atoms with E-state index in [1.54, 1.807) is 0 Å². The number of hydrogen-bond donors (Lipinski definition) is 1. The number of amides is 1. The minimum absolute atomic E-state index is 0.0721. The van der Waals surface area contributed by atoms with Crippen molar-refractivity contribution in [1.82, 2.24) is 9.62 Å². The molecule has 1 aliphatic heterocycles. The lowest BCUT2D eigenvalue weighted by molar-refractivity contribution is -0.129. The molecule has 1 aromatic rings. The predicted octanol–water partition coefficient (Wildman–Crippen LogP) is 2.09. The maximum Gasteiger partial charge on any atom is 0.340 e. The SMILES string of the molecule is CCCNC(=O)C(C)OC(=O)c1cc(S(=O)(=O)N2CCOCC2)c(Cl)cc1Cl. The summed E-state index contributed by atoms with van der Waals surface area (Å²) in [5.74, 6) is -1.37. The number of nitrogens with one attached hydrogen (secondary N) is 1. The zero-order chi connectivity index (χ0) is 20.9. The Morgan fingerprint density at radius 3 is 2.50 bits per heavy atom. The number of rotatable bonds is 7. The Hall–Kier alpha value is -1.39. The molecular weight excluding hydrogens is 431 g/mol. The molecule has 1 amide bonds. The summed E-state index contributed by atoms with van der Waals surface area (Å²) < 4.78 is 37.2. The van der Waals surface area contributed by atoms with Gasteiger partial charge in [0.1, 0.15) is 4.90 Å². The first-order chi connectivity index (χ1) is 13.2. The fourth-order valence-electron chi connectivity index (χ4n) is 2.48. The maximum absolute atomic E-state index is 12.9. The molecule has 0 spiro atoms. The number of morpholine rings is 1. The second-order valence-corrected chi connectivity index (χ2v) is 8.84. The smallest absolute Gasteiger partial charge is 0.340 e. The van der Waals surface area contributed by atoms with Crippen LogP contribution in [-0.4, -0.2) is 63.6 Å². The van der Waals surface area contributed by atoms with Gasteiger partial charge in [-0.3, -0.25) is 4.79 Å². The van der Waals surface area contributed by atoms with Crippen molar-refractivity contribution in [2.45, 2.75) is 31.3 Å². The van der Waals surface area contributed by atoms with Crippen molar-refractivity contribution < 1.29 is 27.5 Å². The Bertz CT molecular complexity index is 840. The van der Waals surface area contributed by atoms with Crippen LogP contribution in [0.1, 0.15) is 30.6 Å². The van der Waals surface area contributed by atoms with Crippen molar-refractivity contribution in [3.05, 3.63) is 27.7 Å². The quantitative estimate of drug-likeness (QED) is 0.635. The highest BCUT2D eigenvalue weighted by Crippen LogP contribution is 2.31. The average molecular weight is 453 g/mol. The molecule has 1 aromatic carbocycles. The van der Waals surface area contributed by atoms with Gasteiger partial charge in [-0.25, -0.2) is 13.2 Å². The molecule has 8 nitrogen and oxygen atoms in total. The number of carbonyl (C=O) groups excluding carboxylic acids is 2. The molecule has 0 bridgehead atoms. The van der Waals surface area contributed by atoms with Crippen LogP contribution in [0.25, 0.3) is 0 Å². The van der Waals surface area contributed by atoms with Crippen LogP contribution in [0.3, 0.4) is 0 Å². The van der Waals surface area contributed by atoms with Gasteiger partial charge in [0.25, 0.3) is 5.91 Å². The van der Waals surface area contributed by atoms with E-state index >= 15 is 0 Å². The molecular formula is C17H22Cl2N2O6S. The van der Waals surface area contributed by atoms with E-state index in [2.05, 4.69) is 5.32 Å². The zero-order valence-electron chi connectivity index (χ0n) is 15.5. The lowest BCUT2D eigenvalue weighted by Gasteiger charge is -2.26. The van der Waals surface area contributed by atoms with Gasteiger partial charge in [-0.2, -0.15) is 4.31 Å². The van der Waals surface area contributed by atoms with Crippen LogP contribution in [0.15, 0.2) is 17.0 Å². The van der Waals surface area contributed by atoms with Gasteiger partial charge in [0.2, 0.25) is 10.0 Å². The van der Waals surface area contributed by atoms with Gasteiger partial charge in [0.15, 0.2) is 6.10 Å². The van der Waals surface area contributed by atoms with Gasteiger partial charge in [0, 0.05) is 19.6 Å². The Morgan fingerprint density at radius 2 is 1.89 bits per heavy atom. The number of sulfonamides is 1. The summed E-state index contributed by atoms with van der Waals surface area (Å²) in [5, 5.41) is 2.43. The number of esters is 1. The number of benzene rings is 1. The third-order valence-electron chi connectivity index (χ3n) is 4.03. The third kappa shape index (κ3) is 5.36. The molecule has 28 heavy (non-hydrogen) atoms. The van der Waals surface area contributed by atoms with E-state index in [-0.39, 0.29) is 46.8 Å². The Morgan fingerprint density at radius 1 is 1.25 bits per heavy atom. The van der Waals surface area contributed by atoms with Gasteiger partial charge in [-0.15, -0.1) is 0 Å². The van der Waals surface area contributed by atoms with Crippen LogP contribution in [-0.2, 0) is 24.3 Å². The molecule has 2 rings (SSSR count). The van der Waals surface area contributed by atoms with Crippen LogP contribution >= 0.6 is 23.2 Å². The number of hydrogen-bond acceptors (Lipinski definition) is 6. The Balaban J connectivity index is 2.27. The summed E-state index contributed by atoms with van der Waals surface area (Å²) in [4.78, 5) is 24.1. The zero-order valence-corrected chi connectivity index (χ0v) is 17.9. The highest BCUT2D eigenvalue weighted by molar-refractivity contribution is 7.89. The molecule has 1 fully saturated rings. The molecule has 11 heteroatoms. The Labute approximate surface area is 174 Å². The first-order valence-corrected chi connectivity index (χ1v) is 10.9. The fourth-order valence-corrected chi connectivity index (χ4v) is 4.71. The molecule has 1 aliphatic rings. The van der Waals surface area contributed by atoms with E-state index in [1.807, 2.05) is 6.92 Å². The summed E-state index contributed by atoms with van der Waals surface area (Å²) in [6, 6.07) is 2.25. The number of ether oxygens (including phenoxy) is 2. The van der Waals surface area contributed by atoms with Crippen LogP contribution in [0.4, 0.5) is 0 Å². The molecule has 156 valence electrons. The summed E-state index contributed by atoms with van der Waals surface area (Å²) >= 11 is 12.2. The largest absolute Gasteiger partial charge is 0.449 e. The van der Waals surface area contributed by atoms with Crippen molar-refractivity contribution in [1.29, 1.82) is 0 Å². The van der Waals surface area contributed by atoms with Crippen LogP contribution in [0, 0.1) is 0 Å². The van der Waals surface area contributed by atoms with Crippen LogP contribution in [0.2, 0.25) is 10.0 Å². The van der Waals surface area contributed by atoms with Crippen LogP contribution < -0.4 is 5.32 Å². The van der Waals surface area contributed by atoms with Gasteiger partial charge in [0.05, 0.1) is 28.8 Å². The van der Waals surface area contributed by atoms with E-state index < -0.39 is 28.0 Å². The molecule has 1 unspecified atom stereocenters. The van der Waals surface area contributed by atoms with Gasteiger partial charge in [-0.1, -0.05) is 30.1 Å². The summed E-state index contributed by atoms with van der Waals surface area (Å²) in [6.45, 7) is 4.64. The van der Waals surface area contributed by atoms with Gasteiger partial charge >= 0.3 is 5.97 Å². The molecule has 0 aliphatic carbocycles. The summed E-state index contributed by atoms with van der Waals surface area (Å²) in [5.41, 5.74) is -0.187. The molecule has 1 atom stereocenters. The molecule has 1 saturated heterocycles. The van der Waals surface area contributed by atoms with Crippen molar-refractivity contribution >= 4 is 45.1 Å². The molecule has 1 N–H and O–H groups in total. The lowest BCUT2D eigenvalue weighted by atomic mass is 10.2. The number of halogens is 2. The van der Waals surface area contributed by atoms with Crippen molar-refractivity contribution in [3.63, 3.8) is 0 Å². The minimum atomic E-state index is -3.95. The van der Waals surface area contributed by atoms with Gasteiger partial charge in [-0.05, 0) is 25.5 Å². The highest BCUT2D eigenvalue weighted by atomic mass is 35.5. The first kappa shape index (κ1) is 22.9. The minimum Gasteiger partial charge on any atom is -0.449 e. The van der Waals surface area contributed by atoms with E-state index in [0.717, 1.165) is 12.5 Å². The topological polar surface area (TPSA) is 102 Å². The monoisotopic (exact) mass is 452 g/mol. The maximum atomic E-state index is 12.9. The third-order valence-corrected chi connectivity index (χ3v) is 6.71. The molecule has 0 saturated carbocycles. The lowest BCUT2D eigenvalue weighted by Crippen LogP contribution is -2.40. The predicted molar refractivity (Wildman–Crippen MR) is 104 cm³/mol. The highest BCUT2D eigenvalue weighted by Gasteiger charge is 2.31. The van der Waals surface area contributed by atoms with Crippen molar-refractivity contribution in [3.8, 4) is 0 Å². The van der Waals surface area contributed by atoms with E-state index in [4.69, 9.17) is 32.7 Å². The molecule has 0 aromatic heterocycles. The van der Waals surface area contributed by atoms with Gasteiger partial charge < -0.3 is 14.8 Å². The second kappa shape index (κ2) is 9.89. The Kier molecular flexibility index (Phi) is 8.08. The molecule has 1 heterocycles. The number of nitrogens with zero attached hydrogens (tertiary/aromatic N) is 1. The normalized spacial score (nSPS) is 16.4. The van der Waals surface area contributed by atoms with Crippen LogP contribution in [0.5, 0.6) is 0 Å². The molecule has 0 radical (unpaired) electrons. The number of carbonyl (C=O) groups is 2. The first-order valence-electron chi connectivity index (χ1n) is 8.74. The van der Waals surface area contributed by atoms with E-state index in [1.165, 1.54) is 17.3 Å². The van der Waals surface area contributed by atoms with Crippen molar-refractivity contribution in [2.24, 2.45) is 0 Å². The summed E-state index contributed by atoms with van der Waals surface area (Å²) in [6.07, 6.45) is -0.330. The average Bonchev–Trinajstić information content (AvgIpc) is 2.66. The summed E-state index contributed by atoms with van der Waals surface area (Å²) in [7, 11) is -3.95. The van der Waals surface area contributed by atoms with E-state index in [9.17, 15) is 18.0 Å². The second-order valence-electron chi connectivity index (χ2n) is 6.12.